The molecule has 0 amide bonds. The largest absolute Gasteiger partial charge is 0.270 e. The first-order valence-electron chi connectivity index (χ1n) is 13.8. The normalized spacial score (nSPS) is 19.3. The zero-order chi connectivity index (χ0) is 30.8. The van der Waals surface area contributed by atoms with Crippen molar-refractivity contribution >= 4 is 29.7 Å². The zero-order valence-corrected chi connectivity index (χ0v) is 26.3. The standard InChI is InChI=1S/C33H33NO6S3/c1-25-13-17-29(18-14-25)42(37,38)33-21-22-34(43(39,40)30-19-15-26(2)16-20-30)32(23-27-9-5-3-6-10-27)31(33)24-41(35,36)28-11-7-4-8-12-28/h3-22,31-33H,23-24H2,1-2H3/t31-,32-,33-/m0/s1. The van der Waals surface area contributed by atoms with E-state index in [2.05, 4.69) is 0 Å². The molecule has 4 aromatic rings. The van der Waals surface area contributed by atoms with Crippen molar-refractivity contribution in [3.8, 4) is 0 Å². The van der Waals surface area contributed by atoms with Crippen LogP contribution < -0.4 is 0 Å². The molecule has 0 aliphatic carbocycles. The van der Waals surface area contributed by atoms with Crippen LogP contribution in [0.5, 0.6) is 0 Å². The average molecular weight is 636 g/mol. The lowest BCUT2D eigenvalue weighted by Crippen LogP contribution is -2.53. The quantitative estimate of drug-likeness (QED) is 0.245. The maximum absolute atomic E-state index is 14.2. The molecule has 5 rings (SSSR count). The Morgan fingerprint density at radius 3 is 1.67 bits per heavy atom. The molecule has 1 aliphatic heterocycles. The van der Waals surface area contributed by atoms with Gasteiger partial charge in [0.25, 0.3) is 10.0 Å². The monoisotopic (exact) mass is 635 g/mol. The van der Waals surface area contributed by atoms with Gasteiger partial charge >= 0.3 is 0 Å². The van der Waals surface area contributed by atoms with Crippen molar-refractivity contribution in [3.05, 3.63) is 138 Å². The first-order valence-corrected chi connectivity index (χ1v) is 18.4. The van der Waals surface area contributed by atoms with Crippen LogP contribution in [0.15, 0.2) is 136 Å². The zero-order valence-electron chi connectivity index (χ0n) is 23.8. The third-order valence-electron chi connectivity index (χ3n) is 7.77. The predicted octanol–water partition coefficient (Wildman–Crippen LogP) is 5.37. The van der Waals surface area contributed by atoms with E-state index in [0.29, 0.717) is 0 Å². The summed E-state index contributed by atoms with van der Waals surface area (Å²) in [5.41, 5.74) is 2.50. The van der Waals surface area contributed by atoms with E-state index in [1.165, 1.54) is 48.7 Å². The van der Waals surface area contributed by atoms with E-state index in [0.717, 1.165) is 21.0 Å². The van der Waals surface area contributed by atoms with Gasteiger partial charge in [-0.2, -0.15) is 0 Å². The second-order valence-corrected chi connectivity index (χ2v) is 16.8. The van der Waals surface area contributed by atoms with Crippen molar-refractivity contribution in [1.29, 1.82) is 0 Å². The minimum Gasteiger partial charge on any atom is -0.270 e. The lowest BCUT2D eigenvalue weighted by molar-refractivity contribution is 0.284. The molecular formula is C33H33NO6S3. The summed E-state index contributed by atoms with van der Waals surface area (Å²) >= 11 is 0. The van der Waals surface area contributed by atoms with E-state index < -0.39 is 52.7 Å². The van der Waals surface area contributed by atoms with Gasteiger partial charge in [0.05, 0.1) is 31.7 Å². The van der Waals surface area contributed by atoms with Crippen molar-refractivity contribution in [2.75, 3.05) is 5.75 Å². The number of nitrogens with zero attached hydrogens (tertiary/aromatic N) is 1. The number of benzene rings is 4. The number of rotatable bonds is 9. The van der Waals surface area contributed by atoms with Crippen LogP contribution in [0.1, 0.15) is 16.7 Å². The van der Waals surface area contributed by atoms with Gasteiger partial charge < -0.3 is 0 Å². The van der Waals surface area contributed by atoms with Crippen molar-refractivity contribution in [2.45, 2.75) is 46.2 Å². The molecule has 0 saturated heterocycles. The first kappa shape index (κ1) is 30.7. The van der Waals surface area contributed by atoms with Crippen molar-refractivity contribution < 1.29 is 25.3 Å². The smallest absolute Gasteiger partial charge is 0.264 e. The Bertz CT molecular complexity index is 1920. The Hall–Kier alpha value is -3.73. The van der Waals surface area contributed by atoms with Crippen molar-refractivity contribution in [1.82, 2.24) is 4.31 Å². The van der Waals surface area contributed by atoms with Crippen molar-refractivity contribution in [2.24, 2.45) is 5.92 Å². The molecule has 0 spiro atoms. The second kappa shape index (κ2) is 12.1. The molecule has 1 heterocycles. The van der Waals surface area contributed by atoms with E-state index in [1.807, 2.05) is 44.2 Å². The Balaban J connectivity index is 1.70. The summed E-state index contributed by atoms with van der Waals surface area (Å²) in [6.07, 6.45) is 2.73. The van der Waals surface area contributed by atoms with Gasteiger partial charge in [0.1, 0.15) is 0 Å². The van der Waals surface area contributed by atoms with E-state index in [1.54, 1.807) is 42.5 Å². The highest BCUT2D eigenvalue weighted by Gasteiger charge is 2.47. The van der Waals surface area contributed by atoms with Gasteiger partial charge in [-0.05, 0) is 68.3 Å². The minimum absolute atomic E-state index is 0.0327. The Kier molecular flexibility index (Phi) is 8.65. The summed E-state index contributed by atoms with van der Waals surface area (Å²) in [7, 11) is -12.3. The molecule has 0 unspecified atom stereocenters. The molecule has 0 bridgehead atoms. The van der Waals surface area contributed by atoms with Gasteiger partial charge in [-0.3, -0.25) is 4.31 Å². The summed E-state index contributed by atoms with van der Waals surface area (Å²) < 4.78 is 85.4. The van der Waals surface area contributed by atoms with Crippen LogP contribution in [0.25, 0.3) is 0 Å². The van der Waals surface area contributed by atoms with Crippen LogP contribution in [-0.2, 0) is 36.1 Å². The van der Waals surface area contributed by atoms with Crippen LogP contribution in [0, 0.1) is 19.8 Å². The van der Waals surface area contributed by atoms with E-state index >= 15 is 0 Å². The molecule has 224 valence electrons. The second-order valence-electron chi connectivity index (χ2n) is 10.8. The summed E-state index contributed by atoms with van der Waals surface area (Å²) in [5, 5.41) is -1.30. The Labute approximate surface area is 254 Å². The Morgan fingerprint density at radius 2 is 1.12 bits per heavy atom. The number of sulfone groups is 2. The minimum atomic E-state index is -4.18. The molecule has 4 aromatic carbocycles. The van der Waals surface area contributed by atoms with Gasteiger partial charge in [-0.15, -0.1) is 0 Å². The lowest BCUT2D eigenvalue weighted by atomic mass is 9.90. The molecule has 1 aliphatic rings. The summed E-state index contributed by atoms with van der Waals surface area (Å²) in [4.78, 5) is 0.121. The SMILES string of the molecule is Cc1ccc(S(=O)(=O)[C@H]2C=CN(S(=O)(=O)c3ccc(C)cc3)[C@@H](Cc3ccccc3)[C@@H]2CS(=O)(=O)c2ccccc2)cc1. The molecule has 7 nitrogen and oxygen atoms in total. The fraction of sp³-hybridized carbons (Fsp3) is 0.212. The lowest BCUT2D eigenvalue weighted by Gasteiger charge is -2.42. The Morgan fingerprint density at radius 1 is 0.605 bits per heavy atom. The highest BCUT2D eigenvalue weighted by atomic mass is 32.2. The fourth-order valence-electron chi connectivity index (χ4n) is 5.42. The maximum Gasteiger partial charge on any atom is 0.264 e. The van der Waals surface area contributed by atoms with Gasteiger partial charge in [-0.1, -0.05) is 83.9 Å². The van der Waals surface area contributed by atoms with Gasteiger partial charge in [0, 0.05) is 12.1 Å². The van der Waals surface area contributed by atoms with Crippen LogP contribution in [-0.4, -0.2) is 46.6 Å². The van der Waals surface area contributed by atoms with E-state index in [-0.39, 0.29) is 21.1 Å². The summed E-state index contributed by atoms with van der Waals surface area (Å²) in [6, 6.07) is 28.6. The van der Waals surface area contributed by atoms with Crippen molar-refractivity contribution in [3.63, 3.8) is 0 Å². The maximum atomic E-state index is 14.2. The van der Waals surface area contributed by atoms with E-state index in [9.17, 15) is 25.3 Å². The molecule has 0 radical (unpaired) electrons. The number of hydrogen-bond acceptors (Lipinski definition) is 6. The molecule has 0 fully saturated rings. The number of aryl methyl sites for hydroxylation is 2. The highest BCUT2D eigenvalue weighted by molar-refractivity contribution is 7.93. The molecule has 3 atom stereocenters. The predicted molar refractivity (Wildman–Crippen MR) is 167 cm³/mol. The molecular weight excluding hydrogens is 603 g/mol. The summed E-state index contributed by atoms with van der Waals surface area (Å²) in [5.74, 6) is -1.71. The fourth-order valence-corrected chi connectivity index (χ4v) is 10.6. The molecule has 10 heteroatoms. The van der Waals surface area contributed by atoms with Crippen LogP contribution >= 0.6 is 0 Å². The third kappa shape index (κ3) is 6.46. The van der Waals surface area contributed by atoms with Crippen LogP contribution in [0.3, 0.4) is 0 Å². The first-order chi connectivity index (χ1) is 20.4. The topological polar surface area (TPSA) is 106 Å². The van der Waals surface area contributed by atoms with Crippen LogP contribution in [0.2, 0.25) is 0 Å². The number of sulfonamides is 1. The average Bonchev–Trinajstić information content (AvgIpc) is 2.99. The highest BCUT2D eigenvalue weighted by Crippen LogP contribution is 2.37. The summed E-state index contributed by atoms with van der Waals surface area (Å²) in [6.45, 7) is 3.69. The van der Waals surface area contributed by atoms with Crippen LogP contribution in [0.4, 0.5) is 0 Å². The van der Waals surface area contributed by atoms with Gasteiger partial charge in [0.15, 0.2) is 19.7 Å². The molecule has 0 saturated carbocycles. The molecule has 0 N–H and O–H groups in total. The molecule has 43 heavy (non-hydrogen) atoms. The molecule has 0 aromatic heterocycles. The third-order valence-corrected chi connectivity index (χ3v) is 13.6. The van der Waals surface area contributed by atoms with E-state index in [4.69, 9.17) is 0 Å². The van der Waals surface area contributed by atoms with Gasteiger partial charge in [-0.25, -0.2) is 25.3 Å². The number of hydrogen-bond donors (Lipinski definition) is 0. The van der Waals surface area contributed by atoms with Gasteiger partial charge in [0.2, 0.25) is 0 Å².